The second-order valence-electron chi connectivity index (χ2n) is 5.94. The number of carbonyl (C=O) groups is 3. The predicted octanol–water partition coefficient (Wildman–Crippen LogP) is -5.37. The molecular weight excluding hydrogens is 342 g/mol. The van der Waals surface area contributed by atoms with Crippen LogP contribution in [0.2, 0.25) is 0 Å². The maximum absolute atomic E-state index is 9.90. The molecule has 0 saturated carbocycles. The second-order valence-corrected chi connectivity index (χ2v) is 5.94. The highest BCUT2D eigenvalue weighted by molar-refractivity contribution is 6.30. The predicted molar refractivity (Wildman–Crippen MR) is 82.9 cm³/mol. The molecule has 0 heterocycles. The van der Waals surface area contributed by atoms with Crippen LogP contribution in [0.1, 0.15) is 6.92 Å². The van der Waals surface area contributed by atoms with Crippen LogP contribution < -0.4 is 5.11 Å². The third-order valence-corrected chi connectivity index (χ3v) is 2.48. The van der Waals surface area contributed by atoms with Gasteiger partial charge in [0.05, 0.1) is 34.4 Å². The number of aliphatic carboxylic acids is 1. The largest absolute Gasteiger partial charge is 0.542 e. The highest BCUT2D eigenvalue weighted by Gasteiger charge is 2.29. The van der Waals surface area contributed by atoms with Gasteiger partial charge in [-0.05, 0) is 0 Å². The summed E-state index contributed by atoms with van der Waals surface area (Å²) in [6, 6.07) is 0. The lowest BCUT2D eigenvalue weighted by Gasteiger charge is -2.22. The van der Waals surface area contributed by atoms with Crippen LogP contribution in [-0.2, 0) is 14.4 Å². The van der Waals surface area contributed by atoms with Gasteiger partial charge in [0.2, 0.25) is 0 Å². The molecule has 0 aromatic carbocycles. The lowest BCUT2D eigenvalue weighted by molar-refractivity contribution is -0.870. The molecule has 0 radical (unpaired) electrons. The van der Waals surface area contributed by atoms with Crippen LogP contribution in [0, 0.1) is 0 Å². The number of hydrogen-bond acceptors (Lipinski definition) is 10. The van der Waals surface area contributed by atoms with E-state index in [4.69, 9.17) is 30.6 Å². The minimum atomic E-state index is -1.79. The van der Waals surface area contributed by atoms with E-state index in [2.05, 4.69) is 21.1 Å². The number of carboxylic acid groups (broad SMARTS) is 1. The van der Waals surface area contributed by atoms with E-state index < -0.39 is 42.8 Å². The fourth-order valence-electron chi connectivity index (χ4n) is 0.918. The van der Waals surface area contributed by atoms with Crippen molar-refractivity contribution in [2.45, 2.75) is 31.3 Å². The van der Waals surface area contributed by atoms with Gasteiger partial charge in [0.15, 0.2) is 12.1 Å². The summed E-state index contributed by atoms with van der Waals surface area (Å²) in [4.78, 5) is 28.6. The number of aliphatic hydroxyl groups is 6. The molecule has 0 spiro atoms. The summed E-state index contributed by atoms with van der Waals surface area (Å²) >= 11 is 0. The van der Waals surface area contributed by atoms with Crippen molar-refractivity contribution in [3.8, 4) is 0 Å². The number of aldehydes is 1. The fraction of sp³-hybridized carbons (Fsp3) is 0.786. The minimum absolute atomic E-state index is 0.0258. The first-order valence-electron chi connectivity index (χ1n) is 7.16. The molecule has 25 heavy (non-hydrogen) atoms. The van der Waals surface area contributed by atoms with Gasteiger partial charge in [0, 0.05) is 6.92 Å². The average Bonchev–Trinajstić information content (AvgIpc) is 2.51. The molecule has 11 nitrogen and oxygen atoms in total. The van der Waals surface area contributed by atoms with Crippen LogP contribution in [0.3, 0.4) is 0 Å². The van der Waals surface area contributed by atoms with E-state index in [1.54, 1.807) is 0 Å². The zero-order valence-corrected chi connectivity index (χ0v) is 14.8. The quantitative estimate of drug-likeness (QED) is 0.136. The van der Waals surface area contributed by atoms with E-state index >= 15 is 0 Å². The van der Waals surface area contributed by atoms with Crippen LogP contribution in [0.15, 0.2) is 0 Å². The van der Waals surface area contributed by atoms with E-state index in [0.717, 1.165) is 18.0 Å². The smallest absolute Gasteiger partial charge is 0.175 e. The van der Waals surface area contributed by atoms with Gasteiger partial charge in [0.1, 0.15) is 36.9 Å². The van der Waals surface area contributed by atoms with Gasteiger partial charge in [-0.2, -0.15) is 0 Å². The monoisotopic (exact) mass is 371 g/mol. The van der Waals surface area contributed by atoms with Crippen molar-refractivity contribution >= 4 is 18.0 Å². The normalized spacial score (nSPS) is 15.3. The van der Waals surface area contributed by atoms with Gasteiger partial charge >= 0.3 is 0 Å². The number of carbonyl (C=O) groups excluding carboxylic acids is 3. The number of hydrogen-bond donors (Lipinski definition) is 6. The molecule has 0 aliphatic rings. The van der Waals surface area contributed by atoms with E-state index in [9.17, 15) is 19.5 Å². The van der Waals surface area contributed by atoms with Gasteiger partial charge in [-0.15, -0.1) is 0 Å². The van der Waals surface area contributed by atoms with Gasteiger partial charge < -0.3 is 49.8 Å². The van der Waals surface area contributed by atoms with Crippen molar-refractivity contribution in [3.05, 3.63) is 0 Å². The molecule has 11 heteroatoms. The SMILES string of the molecule is CC(=O)C(=O)[O-].C[N+](C)(C)CCO.O=C[C@H](O)[C@@H](O)[C@H](O)[C@H](O)CO. The Labute approximate surface area is 146 Å². The first-order valence-corrected chi connectivity index (χ1v) is 7.16. The summed E-state index contributed by atoms with van der Waals surface area (Å²) in [6.45, 7) is 1.29. The summed E-state index contributed by atoms with van der Waals surface area (Å²) in [7, 11) is 6.16. The van der Waals surface area contributed by atoms with Gasteiger partial charge in [0.25, 0.3) is 0 Å². The Morgan fingerprint density at radius 3 is 1.60 bits per heavy atom. The summed E-state index contributed by atoms with van der Waals surface area (Å²) in [5, 5.41) is 61.2. The summed E-state index contributed by atoms with van der Waals surface area (Å²) < 4.78 is 0.844. The molecular formula is C14H29NO10. The zero-order chi connectivity index (χ0) is 20.8. The molecule has 0 unspecified atom stereocenters. The van der Waals surface area contributed by atoms with E-state index in [1.807, 2.05) is 0 Å². The Morgan fingerprint density at radius 1 is 1.04 bits per heavy atom. The number of nitrogens with zero attached hydrogens (tertiary/aromatic N) is 1. The fourth-order valence-corrected chi connectivity index (χ4v) is 0.918. The zero-order valence-electron chi connectivity index (χ0n) is 14.8. The Morgan fingerprint density at radius 2 is 1.44 bits per heavy atom. The van der Waals surface area contributed by atoms with Crippen LogP contribution >= 0.6 is 0 Å². The molecule has 0 aliphatic heterocycles. The van der Waals surface area contributed by atoms with Gasteiger partial charge in [-0.25, -0.2) is 0 Å². The highest BCUT2D eigenvalue weighted by atomic mass is 16.4. The number of ketones is 1. The van der Waals surface area contributed by atoms with Crippen molar-refractivity contribution < 1.29 is 54.6 Å². The maximum Gasteiger partial charge on any atom is 0.175 e. The number of rotatable bonds is 8. The topological polar surface area (TPSA) is 196 Å². The summed E-state index contributed by atoms with van der Waals surface area (Å²) in [6.07, 6.45) is -6.84. The van der Waals surface area contributed by atoms with Crippen molar-refractivity contribution in [1.82, 2.24) is 0 Å². The van der Waals surface area contributed by atoms with E-state index in [1.165, 1.54) is 0 Å². The lowest BCUT2D eigenvalue weighted by Crippen LogP contribution is -2.46. The number of aliphatic hydroxyl groups excluding tert-OH is 6. The molecule has 6 N–H and O–H groups in total. The molecule has 0 aromatic rings. The number of likely N-dealkylation sites (N-methyl/N-ethyl adjacent to an activating group) is 1. The Kier molecular flexibility index (Phi) is 16.8. The van der Waals surface area contributed by atoms with Crippen LogP contribution in [0.4, 0.5) is 0 Å². The lowest BCUT2D eigenvalue weighted by atomic mass is 10.0. The third-order valence-electron chi connectivity index (χ3n) is 2.48. The van der Waals surface area contributed by atoms with Gasteiger partial charge in [-0.1, -0.05) is 0 Å². The first kappa shape index (κ1) is 28.3. The molecule has 0 bridgehead atoms. The van der Waals surface area contributed by atoms with Crippen molar-refractivity contribution in [2.75, 3.05) is 40.9 Å². The number of quaternary nitrogens is 1. The third kappa shape index (κ3) is 18.7. The van der Waals surface area contributed by atoms with Gasteiger partial charge in [-0.3, -0.25) is 4.79 Å². The Hall–Kier alpha value is -1.47. The van der Waals surface area contributed by atoms with E-state index in [-0.39, 0.29) is 12.9 Å². The summed E-state index contributed by atoms with van der Waals surface area (Å²) in [5.74, 6) is -2.56. The van der Waals surface area contributed by atoms with Crippen LogP contribution in [-0.4, -0.2) is 118 Å². The minimum Gasteiger partial charge on any atom is -0.542 e. The van der Waals surface area contributed by atoms with Crippen molar-refractivity contribution in [3.63, 3.8) is 0 Å². The molecule has 4 atom stereocenters. The van der Waals surface area contributed by atoms with Crippen LogP contribution in [0.5, 0.6) is 0 Å². The van der Waals surface area contributed by atoms with Crippen LogP contribution in [0.25, 0.3) is 0 Å². The molecule has 0 amide bonds. The second kappa shape index (κ2) is 14.8. The highest BCUT2D eigenvalue weighted by Crippen LogP contribution is 2.02. The molecule has 0 fully saturated rings. The first-order chi connectivity index (χ1) is 11.2. The van der Waals surface area contributed by atoms with Crippen molar-refractivity contribution in [2.24, 2.45) is 0 Å². The molecule has 0 aliphatic carbocycles. The van der Waals surface area contributed by atoms with E-state index in [0.29, 0.717) is 0 Å². The molecule has 0 rings (SSSR count). The average molecular weight is 371 g/mol. The summed E-state index contributed by atoms with van der Waals surface area (Å²) in [5.41, 5.74) is 0. The number of carboxylic acids is 1. The maximum atomic E-state index is 9.90. The molecule has 150 valence electrons. The Balaban J connectivity index is -0.000000317. The number of Topliss-reactive ketones (excluding diaryl/α,β-unsaturated/α-hetero) is 1. The van der Waals surface area contributed by atoms with Crippen molar-refractivity contribution in [1.29, 1.82) is 0 Å². The molecule has 0 aromatic heterocycles. The Bertz CT molecular complexity index is 370. The molecule has 0 saturated heterocycles. The standard InChI is InChI=1S/C6H12O6.C5H14NO.C3H4O3/c7-1-3(9)5(11)6(12)4(10)2-8;1-6(2,3)4-5-7;1-2(4)3(5)6/h1,3-6,8-12H,2H2;7H,4-5H2,1-3H3;1H3,(H,5,6)/q;+1;/p-1/t3-,4+,5+,6+;;/m0../s1.